The van der Waals surface area contributed by atoms with Crippen molar-refractivity contribution in [3.63, 3.8) is 0 Å². The Hall–Kier alpha value is -3.22. The number of hydrogen-bond donors (Lipinski definition) is 1. The molecule has 1 aromatic heterocycles. The Labute approximate surface area is 220 Å². The number of nitrogens with zero attached hydrogens (tertiary/aromatic N) is 2. The van der Waals surface area contributed by atoms with Gasteiger partial charge < -0.3 is 4.74 Å². The SMILES string of the molecule is CCC(=C(c1ccc(O[C@H]2CCN(CCCF)C2)cc1)c1ccc2[nH]ncc2c1)c1ccc(F)cc1Cl. The van der Waals surface area contributed by atoms with Crippen LogP contribution in [0, 0.1) is 5.82 Å². The van der Waals surface area contributed by atoms with E-state index in [1.54, 1.807) is 6.07 Å². The highest BCUT2D eigenvalue weighted by atomic mass is 35.5. The zero-order chi connectivity index (χ0) is 25.8. The third-order valence-electron chi connectivity index (χ3n) is 6.92. The van der Waals surface area contributed by atoms with Crippen molar-refractivity contribution >= 4 is 33.7 Å². The molecule has 4 aromatic rings. The summed E-state index contributed by atoms with van der Waals surface area (Å²) in [4.78, 5) is 2.26. The van der Waals surface area contributed by atoms with Crippen LogP contribution in [0.25, 0.3) is 22.0 Å². The van der Waals surface area contributed by atoms with Gasteiger partial charge in [0.2, 0.25) is 0 Å². The minimum atomic E-state index is -0.359. The first kappa shape index (κ1) is 25.4. The van der Waals surface area contributed by atoms with Gasteiger partial charge in [-0.3, -0.25) is 14.4 Å². The van der Waals surface area contributed by atoms with Gasteiger partial charge in [-0.2, -0.15) is 5.10 Å². The number of ether oxygens (including phenoxy) is 1. The van der Waals surface area contributed by atoms with Crippen LogP contribution in [0.4, 0.5) is 8.78 Å². The molecule has 0 unspecified atom stereocenters. The van der Waals surface area contributed by atoms with Gasteiger partial charge in [0.15, 0.2) is 0 Å². The highest BCUT2D eigenvalue weighted by Crippen LogP contribution is 2.38. The van der Waals surface area contributed by atoms with E-state index in [0.29, 0.717) is 17.9 Å². The second kappa shape index (κ2) is 11.4. The molecule has 7 heteroatoms. The monoisotopic (exact) mass is 521 g/mol. The molecule has 37 heavy (non-hydrogen) atoms. The minimum Gasteiger partial charge on any atom is -0.489 e. The van der Waals surface area contributed by atoms with Crippen LogP contribution in [0.3, 0.4) is 0 Å². The van der Waals surface area contributed by atoms with Crippen LogP contribution in [-0.4, -0.2) is 47.5 Å². The molecular weight excluding hydrogens is 492 g/mol. The maximum Gasteiger partial charge on any atom is 0.124 e. The van der Waals surface area contributed by atoms with E-state index in [1.807, 2.05) is 24.4 Å². The summed E-state index contributed by atoms with van der Waals surface area (Å²) >= 11 is 6.53. The van der Waals surface area contributed by atoms with E-state index in [1.165, 1.54) is 12.1 Å². The maximum atomic E-state index is 13.9. The Morgan fingerprint density at radius 2 is 1.92 bits per heavy atom. The van der Waals surface area contributed by atoms with Gasteiger partial charge in [-0.15, -0.1) is 0 Å². The van der Waals surface area contributed by atoms with Crippen LogP contribution in [0.15, 0.2) is 66.9 Å². The molecule has 0 bridgehead atoms. The van der Waals surface area contributed by atoms with E-state index in [4.69, 9.17) is 16.3 Å². The van der Waals surface area contributed by atoms with Crippen molar-refractivity contribution in [2.45, 2.75) is 32.3 Å². The molecule has 1 fully saturated rings. The zero-order valence-corrected chi connectivity index (χ0v) is 21.6. The van der Waals surface area contributed by atoms with E-state index in [9.17, 15) is 8.78 Å². The number of allylic oxidation sites excluding steroid dienone is 1. The van der Waals surface area contributed by atoms with Crippen molar-refractivity contribution in [3.8, 4) is 5.75 Å². The summed E-state index contributed by atoms with van der Waals surface area (Å²) in [5.41, 5.74) is 5.88. The highest BCUT2D eigenvalue weighted by molar-refractivity contribution is 6.32. The molecule has 1 saturated heterocycles. The van der Waals surface area contributed by atoms with Gasteiger partial charge in [-0.25, -0.2) is 4.39 Å². The molecule has 2 heterocycles. The fourth-order valence-electron chi connectivity index (χ4n) is 5.12. The molecule has 1 aliphatic rings. The van der Waals surface area contributed by atoms with Gasteiger partial charge in [0.1, 0.15) is 17.7 Å². The van der Waals surface area contributed by atoms with Gasteiger partial charge in [0.25, 0.3) is 0 Å². The van der Waals surface area contributed by atoms with Crippen molar-refractivity contribution in [3.05, 3.63) is 94.4 Å². The number of alkyl halides is 1. The van der Waals surface area contributed by atoms with Gasteiger partial charge in [-0.1, -0.05) is 42.8 Å². The van der Waals surface area contributed by atoms with E-state index >= 15 is 0 Å². The summed E-state index contributed by atoms with van der Waals surface area (Å²) in [5, 5.41) is 8.56. The molecule has 1 atom stereocenters. The molecule has 5 rings (SSSR count). The lowest BCUT2D eigenvalue weighted by Gasteiger charge is -2.19. The standard InChI is InChI=1S/C30H30ClF2N3O/c1-2-26(27-10-7-23(33)17-28(27)31)30(21-6-11-29-22(16-21)18-34-35-29)20-4-8-24(9-5-20)37-25-12-15-36(19-25)14-3-13-32/h4-11,16-18,25H,2-3,12-15,19H2,1H3,(H,34,35)/t25-/m0/s1. The summed E-state index contributed by atoms with van der Waals surface area (Å²) in [6, 6.07) is 18.9. The predicted molar refractivity (Wildman–Crippen MR) is 146 cm³/mol. The van der Waals surface area contributed by atoms with E-state index < -0.39 is 0 Å². The number of hydrogen-bond acceptors (Lipinski definition) is 3. The average molecular weight is 522 g/mol. The van der Waals surface area contributed by atoms with Crippen molar-refractivity contribution in [1.82, 2.24) is 15.1 Å². The summed E-state index contributed by atoms with van der Waals surface area (Å²) in [6.07, 6.45) is 4.13. The number of halogens is 3. The lowest BCUT2D eigenvalue weighted by molar-refractivity contribution is 0.198. The Morgan fingerprint density at radius 1 is 1.11 bits per heavy atom. The smallest absolute Gasteiger partial charge is 0.124 e. The summed E-state index contributed by atoms with van der Waals surface area (Å²) in [6.45, 7) is 4.33. The van der Waals surface area contributed by atoms with Crippen molar-refractivity contribution in [2.24, 2.45) is 0 Å². The number of H-pyrrole nitrogens is 1. The quantitative estimate of drug-likeness (QED) is 0.231. The number of rotatable bonds is 9. The molecule has 4 nitrogen and oxygen atoms in total. The average Bonchev–Trinajstić information content (AvgIpc) is 3.56. The molecular formula is C30H30ClF2N3O. The molecule has 0 amide bonds. The number of nitrogens with one attached hydrogen (secondary N) is 1. The molecule has 1 N–H and O–H groups in total. The summed E-state index contributed by atoms with van der Waals surface area (Å²) in [5.74, 6) is 0.450. The molecule has 0 spiro atoms. The number of aromatic nitrogens is 2. The Morgan fingerprint density at radius 3 is 2.68 bits per heavy atom. The summed E-state index contributed by atoms with van der Waals surface area (Å²) < 4.78 is 32.6. The van der Waals surface area contributed by atoms with Crippen LogP contribution < -0.4 is 4.74 Å². The molecule has 0 radical (unpaired) electrons. The van der Waals surface area contributed by atoms with Gasteiger partial charge in [-0.05, 0) is 83.5 Å². The largest absolute Gasteiger partial charge is 0.489 e. The fourth-order valence-corrected chi connectivity index (χ4v) is 5.40. The molecule has 3 aromatic carbocycles. The number of benzene rings is 3. The lowest BCUT2D eigenvalue weighted by atomic mass is 9.87. The minimum absolute atomic E-state index is 0.105. The highest BCUT2D eigenvalue weighted by Gasteiger charge is 2.24. The Balaban J connectivity index is 1.50. The van der Waals surface area contributed by atoms with E-state index in [2.05, 4.69) is 46.3 Å². The third-order valence-corrected chi connectivity index (χ3v) is 7.24. The van der Waals surface area contributed by atoms with Crippen molar-refractivity contribution < 1.29 is 13.5 Å². The van der Waals surface area contributed by atoms with Crippen LogP contribution in [0.2, 0.25) is 5.02 Å². The zero-order valence-electron chi connectivity index (χ0n) is 20.8. The normalized spacial score (nSPS) is 16.8. The number of likely N-dealkylation sites (tertiary alicyclic amines) is 1. The molecule has 0 saturated carbocycles. The van der Waals surface area contributed by atoms with Gasteiger partial charge in [0.05, 0.1) is 23.4 Å². The Bertz CT molecular complexity index is 1400. The third kappa shape index (κ3) is 5.71. The fraction of sp³-hybridized carbons (Fsp3) is 0.300. The molecule has 192 valence electrons. The van der Waals surface area contributed by atoms with Crippen LogP contribution >= 0.6 is 11.6 Å². The second-order valence-electron chi connectivity index (χ2n) is 9.40. The first-order chi connectivity index (χ1) is 18.1. The maximum absolute atomic E-state index is 13.9. The van der Waals surface area contributed by atoms with Crippen LogP contribution in [-0.2, 0) is 0 Å². The summed E-state index contributed by atoms with van der Waals surface area (Å²) in [7, 11) is 0. The van der Waals surface area contributed by atoms with Crippen LogP contribution in [0.5, 0.6) is 5.75 Å². The number of fused-ring (bicyclic) bond motifs is 1. The predicted octanol–water partition coefficient (Wildman–Crippen LogP) is 7.54. The molecule has 0 aliphatic carbocycles. The first-order valence-corrected chi connectivity index (χ1v) is 13.1. The van der Waals surface area contributed by atoms with E-state index in [0.717, 1.165) is 70.5 Å². The van der Waals surface area contributed by atoms with E-state index in [-0.39, 0.29) is 18.6 Å². The molecule has 1 aliphatic heterocycles. The van der Waals surface area contributed by atoms with Crippen LogP contribution in [0.1, 0.15) is 42.9 Å². The van der Waals surface area contributed by atoms with Crippen molar-refractivity contribution in [2.75, 3.05) is 26.3 Å². The van der Waals surface area contributed by atoms with Gasteiger partial charge in [0, 0.05) is 25.0 Å². The van der Waals surface area contributed by atoms with Crippen molar-refractivity contribution in [1.29, 1.82) is 0 Å². The first-order valence-electron chi connectivity index (χ1n) is 12.7. The topological polar surface area (TPSA) is 41.1 Å². The lowest BCUT2D eigenvalue weighted by Crippen LogP contribution is -2.26. The Kier molecular flexibility index (Phi) is 7.87. The number of aromatic amines is 1. The van der Waals surface area contributed by atoms with Gasteiger partial charge >= 0.3 is 0 Å². The second-order valence-corrected chi connectivity index (χ2v) is 9.81.